The average Bonchev–Trinajstić information content (AvgIpc) is 3.24. The first-order chi connectivity index (χ1) is 15.3. The van der Waals surface area contributed by atoms with Crippen LogP contribution >= 0.6 is 0 Å². The minimum absolute atomic E-state index is 0.117. The molecule has 5 rings (SSSR count). The van der Waals surface area contributed by atoms with Crippen LogP contribution in [-0.2, 0) is 4.74 Å². The first-order valence-corrected chi connectivity index (χ1v) is 15.1. The maximum atomic E-state index is 10.3. The molecule has 176 valence electrons. The average molecular weight is 503 g/mol. The second kappa shape index (κ2) is 8.48. The van der Waals surface area contributed by atoms with E-state index in [0.29, 0.717) is 28.8 Å². The van der Waals surface area contributed by atoms with Crippen LogP contribution in [0.5, 0.6) is 0 Å². The van der Waals surface area contributed by atoms with Gasteiger partial charge in [0.15, 0.2) is 0 Å². The number of aliphatic hydroxyl groups is 1. The Morgan fingerprint density at radius 2 is 2.09 bits per heavy atom. The number of aliphatic hydroxyl groups excluding tert-OH is 1. The first-order valence-electron chi connectivity index (χ1n) is 13.0. The summed E-state index contributed by atoms with van der Waals surface area (Å²) in [4.78, 5) is 2.35. The molecule has 32 heavy (non-hydrogen) atoms. The van der Waals surface area contributed by atoms with Crippen molar-refractivity contribution in [3.63, 3.8) is 0 Å². The normalized spacial score (nSPS) is 45.7. The van der Waals surface area contributed by atoms with E-state index in [-0.39, 0.29) is 21.1 Å². The number of ether oxygens (including phenoxy) is 1. The van der Waals surface area contributed by atoms with E-state index in [9.17, 15) is 5.11 Å². The van der Waals surface area contributed by atoms with Crippen molar-refractivity contribution in [2.75, 3.05) is 0 Å². The summed E-state index contributed by atoms with van der Waals surface area (Å²) in [6.07, 6.45) is 13.2. The Morgan fingerprint density at radius 1 is 1.28 bits per heavy atom. The monoisotopic (exact) mass is 503 g/mol. The number of allylic oxidation sites excluding steroid dienone is 2. The van der Waals surface area contributed by atoms with Crippen LogP contribution in [0.2, 0.25) is 5.32 Å². The number of hydrogen-bond acceptors (Lipinski definition) is 3. The number of hydrogen-bond donors (Lipinski definition) is 1. The minimum atomic E-state index is -0.117. The molecule has 0 aromatic heterocycles. The molecular weight excluding hydrogens is 461 g/mol. The van der Waals surface area contributed by atoms with Gasteiger partial charge in [0.05, 0.1) is 6.10 Å². The Labute approximate surface area is 201 Å². The summed E-state index contributed by atoms with van der Waals surface area (Å²) in [5.74, 6) is 4.86. The number of nitriles is 1. The van der Waals surface area contributed by atoms with E-state index in [0.717, 1.165) is 48.8 Å². The zero-order valence-corrected chi connectivity index (χ0v) is 22.1. The maximum absolute atomic E-state index is 10.3. The molecular formula is C28H41NO2Se. The Kier molecular flexibility index (Phi) is 6.10. The van der Waals surface area contributed by atoms with Crippen LogP contribution in [0.25, 0.3) is 0 Å². The van der Waals surface area contributed by atoms with Gasteiger partial charge in [0.1, 0.15) is 0 Å². The molecule has 1 aliphatic heterocycles. The van der Waals surface area contributed by atoms with Crippen LogP contribution in [0, 0.1) is 50.6 Å². The topological polar surface area (TPSA) is 53.2 Å². The van der Waals surface area contributed by atoms with Crippen molar-refractivity contribution in [2.45, 2.75) is 103 Å². The summed E-state index contributed by atoms with van der Waals surface area (Å²) in [6, 6.07) is 0. The Bertz CT molecular complexity index is 858. The fourth-order valence-electron chi connectivity index (χ4n) is 8.87. The summed E-state index contributed by atoms with van der Waals surface area (Å²) in [6.45, 7) is 9.78. The van der Waals surface area contributed by atoms with Crippen LogP contribution in [0.4, 0.5) is 0 Å². The van der Waals surface area contributed by atoms with Crippen LogP contribution in [-0.4, -0.2) is 32.3 Å². The molecule has 0 spiro atoms. The Morgan fingerprint density at radius 3 is 2.88 bits per heavy atom. The number of rotatable bonds is 5. The molecule has 0 aromatic carbocycles. The molecule has 1 heterocycles. The summed E-state index contributed by atoms with van der Waals surface area (Å²) >= 11 is 0.136. The van der Waals surface area contributed by atoms with E-state index in [1.54, 1.807) is 11.1 Å². The first kappa shape index (κ1) is 23.0. The quantitative estimate of drug-likeness (QED) is 0.358. The summed E-state index contributed by atoms with van der Waals surface area (Å²) in [5, 5.41) is 20.2. The molecule has 1 N–H and O–H groups in total. The molecule has 4 heteroatoms. The van der Waals surface area contributed by atoms with Crippen LogP contribution in [0.15, 0.2) is 23.0 Å². The standard InChI is InChI=1S/C28H41NO2Se/c1-17(15-32-16-29)5-8-24-18(2)26-25(31-24)14-23-21-7-6-19-13-20(30)9-11-27(19,3)22(21)10-12-28(23,26)4/h6,17,20-23,25-26,30H,5,7-15H2,1-4H3/t17?,20-,21+,22-,23-,25-,26-,27-,28-/m0/s1. The molecule has 9 atom stereocenters. The number of nitrogens with zero attached hydrogens (tertiary/aromatic N) is 1. The van der Waals surface area contributed by atoms with Gasteiger partial charge in [-0.1, -0.05) is 12.5 Å². The van der Waals surface area contributed by atoms with Crippen molar-refractivity contribution < 1.29 is 9.84 Å². The third kappa shape index (κ3) is 3.54. The molecule has 3 fully saturated rings. The van der Waals surface area contributed by atoms with Gasteiger partial charge < -0.3 is 5.11 Å². The Balaban J connectivity index is 1.33. The predicted molar refractivity (Wildman–Crippen MR) is 129 cm³/mol. The van der Waals surface area contributed by atoms with Gasteiger partial charge in [-0.25, -0.2) is 0 Å². The van der Waals surface area contributed by atoms with Gasteiger partial charge in [0, 0.05) is 0 Å². The van der Waals surface area contributed by atoms with Crippen LogP contribution in [0.1, 0.15) is 85.5 Å². The zero-order valence-electron chi connectivity index (χ0n) is 20.4. The van der Waals surface area contributed by atoms with Gasteiger partial charge >= 0.3 is 158 Å². The Hall–Kier alpha value is -0.751. The van der Waals surface area contributed by atoms with Crippen LogP contribution in [0.3, 0.4) is 0 Å². The third-order valence-electron chi connectivity index (χ3n) is 10.6. The molecule has 5 aliphatic rings. The van der Waals surface area contributed by atoms with Crippen molar-refractivity contribution in [3.8, 4) is 4.97 Å². The fraction of sp³-hybridized carbons (Fsp3) is 0.821. The summed E-state index contributed by atoms with van der Waals surface area (Å²) in [7, 11) is 0. The third-order valence-corrected chi connectivity index (χ3v) is 12.4. The molecule has 4 aliphatic carbocycles. The molecule has 3 saturated carbocycles. The van der Waals surface area contributed by atoms with Gasteiger partial charge in [-0.2, -0.15) is 0 Å². The number of fused-ring (bicyclic) bond motifs is 7. The van der Waals surface area contributed by atoms with Gasteiger partial charge in [0.25, 0.3) is 0 Å². The van der Waals surface area contributed by atoms with E-state index < -0.39 is 0 Å². The van der Waals surface area contributed by atoms with Crippen molar-refractivity contribution >= 4 is 15.0 Å². The molecule has 0 amide bonds. The van der Waals surface area contributed by atoms with Crippen molar-refractivity contribution in [3.05, 3.63) is 23.0 Å². The summed E-state index contributed by atoms with van der Waals surface area (Å²) in [5.41, 5.74) is 3.82. The second-order valence-electron chi connectivity index (χ2n) is 12.2. The van der Waals surface area contributed by atoms with Crippen molar-refractivity contribution in [2.24, 2.45) is 40.4 Å². The molecule has 3 nitrogen and oxygen atoms in total. The van der Waals surface area contributed by atoms with E-state index in [1.165, 1.54) is 37.9 Å². The molecule has 1 unspecified atom stereocenters. The zero-order chi connectivity index (χ0) is 22.7. The van der Waals surface area contributed by atoms with Crippen molar-refractivity contribution in [1.29, 1.82) is 5.26 Å². The second-order valence-corrected chi connectivity index (χ2v) is 13.9. The van der Waals surface area contributed by atoms with Gasteiger partial charge in [0.2, 0.25) is 0 Å². The van der Waals surface area contributed by atoms with E-state index in [2.05, 4.69) is 38.7 Å². The molecule has 0 aromatic rings. The van der Waals surface area contributed by atoms with Gasteiger partial charge in [-0.15, -0.1) is 0 Å². The molecule has 0 saturated heterocycles. The molecule has 0 radical (unpaired) electrons. The predicted octanol–water partition coefficient (Wildman–Crippen LogP) is 6.23. The van der Waals surface area contributed by atoms with E-state index in [4.69, 9.17) is 10.00 Å². The molecule has 0 bridgehead atoms. The van der Waals surface area contributed by atoms with Gasteiger partial charge in [-0.3, -0.25) is 0 Å². The fourth-order valence-corrected chi connectivity index (χ4v) is 9.97. The SMILES string of the molecule is CC1=C(CCC(C)C[Se]C#N)O[C@H]2C[C@H]3[C@@H]4CC=C5C[C@@H](O)CC[C@]5(C)[C@H]4CC[C@]3(C)[C@@H]12. The van der Waals surface area contributed by atoms with Crippen LogP contribution < -0.4 is 0 Å². The van der Waals surface area contributed by atoms with E-state index in [1.807, 2.05) is 0 Å². The van der Waals surface area contributed by atoms with E-state index >= 15 is 0 Å². The summed E-state index contributed by atoms with van der Waals surface area (Å²) < 4.78 is 6.71. The van der Waals surface area contributed by atoms with Crippen molar-refractivity contribution in [1.82, 2.24) is 0 Å². The van der Waals surface area contributed by atoms with Gasteiger partial charge in [-0.05, 0) is 19.3 Å².